The lowest BCUT2D eigenvalue weighted by molar-refractivity contribution is 0.242. The lowest BCUT2D eigenvalue weighted by atomic mass is 10.2. The quantitative estimate of drug-likeness (QED) is 0.651. The van der Waals surface area contributed by atoms with Gasteiger partial charge in [-0.05, 0) is 44.2 Å². The molecular weight excluding hydrogens is 294 g/mol. The number of aromatic hydroxyl groups is 1. The van der Waals surface area contributed by atoms with Crippen LogP contribution in [-0.2, 0) is 0 Å². The molecule has 0 fully saturated rings. The number of ether oxygens (including phenoxy) is 1. The second kappa shape index (κ2) is 5.11. The van der Waals surface area contributed by atoms with E-state index in [9.17, 15) is 5.11 Å². The van der Waals surface area contributed by atoms with Crippen LogP contribution in [0.1, 0.15) is 13.8 Å². The Balaban J connectivity index is 2.00. The number of benzene rings is 2. The van der Waals surface area contributed by atoms with E-state index in [2.05, 4.69) is 5.32 Å². The van der Waals surface area contributed by atoms with Crippen molar-refractivity contribution in [1.29, 1.82) is 0 Å². The zero-order valence-electron chi connectivity index (χ0n) is 11.1. The van der Waals surface area contributed by atoms with Gasteiger partial charge in [0.05, 0.1) is 22.5 Å². The number of hydrogen-bond donors (Lipinski definition) is 2. The van der Waals surface area contributed by atoms with E-state index in [0.717, 1.165) is 21.2 Å². The Hall–Kier alpha value is -1.52. The van der Waals surface area contributed by atoms with Crippen LogP contribution in [0.5, 0.6) is 11.5 Å². The minimum Gasteiger partial charge on any atom is -0.508 e. The van der Waals surface area contributed by atoms with Gasteiger partial charge in [-0.3, -0.25) is 0 Å². The Labute approximate surface area is 126 Å². The van der Waals surface area contributed by atoms with Crippen LogP contribution in [0.3, 0.4) is 0 Å². The molecule has 3 nitrogen and oxygen atoms in total. The van der Waals surface area contributed by atoms with Crippen molar-refractivity contribution in [3.05, 3.63) is 35.4 Å². The van der Waals surface area contributed by atoms with Gasteiger partial charge in [-0.1, -0.05) is 23.4 Å². The van der Waals surface area contributed by atoms with Crippen molar-refractivity contribution in [3.8, 4) is 11.5 Å². The number of nitrogens with one attached hydrogen (secondary N) is 1. The summed E-state index contributed by atoms with van der Waals surface area (Å²) in [6, 6.07) is 9.07. The lowest BCUT2D eigenvalue weighted by Crippen LogP contribution is -2.07. The van der Waals surface area contributed by atoms with Gasteiger partial charge in [0.2, 0.25) is 0 Å². The van der Waals surface area contributed by atoms with E-state index in [1.165, 1.54) is 0 Å². The number of anilines is 2. The first kappa shape index (κ1) is 13.5. The number of phenolic OH excluding ortho intramolecular Hbond substituents is 1. The Kier molecular flexibility index (Phi) is 3.44. The number of halogens is 1. The minimum absolute atomic E-state index is 0.0726. The molecule has 1 aliphatic rings. The fourth-order valence-corrected chi connectivity index (χ4v) is 3.26. The van der Waals surface area contributed by atoms with Crippen LogP contribution in [0.15, 0.2) is 40.1 Å². The third-order valence-corrected chi connectivity index (χ3v) is 4.26. The predicted octanol–water partition coefficient (Wildman–Crippen LogP) is 5.04. The summed E-state index contributed by atoms with van der Waals surface area (Å²) in [5.41, 5.74) is 1.92. The van der Waals surface area contributed by atoms with Crippen LogP contribution in [0.2, 0.25) is 5.02 Å². The van der Waals surface area contributed by atoms with Crippen molar-refractivity contribution >= 4 is 34.7 Å². The summed E-state index contributed by atoms with van der Waals surface area (Å²) in [6.07, 6.45) is 0.0726. The van der Waals surface area contributed by atoms with Crippen molar-refractivity contribution < 1.29 is 9.84 Å². The summed E-state index contributed by atoms with van der Waals surface area (Å²) in [6.45, 7) is 3.93. The maximum atomic E-state index is 9.57. The topological polar surface area (TPSA) is 41.5 Å². The zero-order chi connectivity index (χ0) is 14.3. The largest absolute Gasteiger partial charge is 0.508 e. The third-order valence-electron chi connectivity index (χ3n) is 2.85. The molecule has 0 atom stereocenters. The molecule has 0 bridgehead atoms. The first-order chi connectivity index (χ1) is 9.52. The monoisotopic (exact) mass is 307 g/mol. The van der Waals surface area contributed by atoms with Crippen molar-refractivity contribution in [2.75, 3.05) is 5.32 Å². The Morgan fingerprint density at radius 2 is 1.90 bits per heavy atom. The van der Waals surface area contributed by atoms with Crippen molar-refractivity contribution in [2.24, 2.45) is 0 Å². The normalized spacial score (nSPS) is 12.6. The number of fused-ring (bicyclic) bond motifs is 2. The maximum Gasteiger partial charge on any atom is 0.139 e. The first-order valence-electron chi connectivity index (χ1n) is 6.31. The molecule has 0 unspecified atom stereocenters. The molecule has 0 saturated heterocycles. The van der Waals surface area contributed by atoms with E-state index in [1.54, 1.807) is 23.9 Å². The molecular formula is C15H14ClNO2S. The van der Waals surface area contributed by atoms with Crippen molar-refractivity contribution in [1.82, 2.24) is 0 Å². The summed E-state index contributed by atoms with van der Waals surface area (Å²) in [5.74, 6) is 0.937. The van der Waals surface area contributed by atoms with Gasteiger partial charge in [0.1, 0.15) is 11.5 Å². The highest BCUT2D eigenvalue weighted by atomic mass is 35.5. The van der Waals surface area contributed by atoms with E-state index in [1.807, 2.05) is 32.0 Å². The van der Waals surface area contributed by atoms with E-state index in [0.29, 0.717) is 10.8 Å². The van der Waals surface area contributed by atoms with Crippen LogP contribution < -0.4 is 10.1 Å². The Morgan fingerprint density at radius 1 is 1.15 bits per heavy atom. The molecule has 0 radical (unpaired) electrons. The van der Waals surface area contributed by atoms with Gasteiger partial charge in [0, 0.05) is 9.79 Å². The highest BCUT2D eigenvalue weighted by molar-refractivity contribution is 7.99. The van der Waals surface area contributed by atoms with Crippen LogP contribution in [-0.4, -0.2) is 11.2 Å². The van der Waals surface area contributed by atoms with Gasteiger partial charge >= 0.3 is 0 Å². The van der Waals surface area contributed by atoms with Crippen LogP contribution in [0, 0.1) is 0 Å². The predicted molar refractivity (Wildman–Crippen MR) is 82.7 cm³/mol. The van der Waals surface area contributed by atoms with E-state index < -0.39 is 0 Å². The van der Waals surface area contributed by atoms with Crippen molar-refractivity contribution in [2.45, 2.75) is 29.7 Å². The highest BCUT2D eigenvalue weighted by Crippen LogP contribution is 2.48. The van der Waals surface area contributed by atoms with Crippen LogP contribution in [0.25, 0.3) is 0 Å². The van der Waals surface area contributed by atoms with Crippen molar-refractivity contribution in [3.63, 3.8) is 0 Å². The fraction of sp³-hybridized carbons (Fsp3) is 0.200. The van der Waals surface area contributed by atoms with Gasteiger partial charge in [0.15, 0.2) is 0 Å². The number of rotatable bonds is 2. The molecule has 0 aliphatic carbocycles. The second-order valence-electron chi connectivity index (χ2n) is 4.85. The fourth-order valence-electron chi connectivity index (χ4n) is 2.02. The minimum atomic E-state index is 0.0726. The molecule has 1 heterocycles. The van der Waals surface area contributed by atoms with Gasteiger partial charge in [-0.15, -0.1) is 0 Å². The van der Waals surface area contributed by atoms with E-state index >= 15 is 0 Å². The van der Waals surface area contributed by atoms with Crippen LogP contribution in [0.4, 0.5) is 11.4 Å². The SMILES string of the molecule is CC(C)Oc1cc2c(cc1Cl)Nc1ccc(O)cc1S2. The number of hydrogen-bond acceptors (Lipinski definition) is 4. The van der Waals surface area contributed by atoms with Gasteiger partial charge in [-0.2, -0.15) is 0 Å². The Bertz CT molecular complexity index is 673. The molecule has 5 heteroatoms. The lowest BCUT2D eigenvalue weighted by Gasteiger charge is -2.22. The summed E-state index contributed by atoms with van der Waals surface area (Å²) >= 11 is 7.83. The molecule has 2 aromatic carbocycles. The highest BCUT2D eigenvalue weighted by Gasteiger charge is 2.19. The van der Waals surface area contributed by atoms with Gasteiger partial charge < -0.3 is 15.2 Å². The molecule has 0 amide bonds. The molecule has 20 heavy (non-hydrogen) atoms. The molecule has 0 aromatic heterocycles. The second-order valence-corrected chi connectivity index (χ2v) is 6.34. The molecule has 3 rings (SSSR count). The van der Waals surface area contributed by atoms with Gasteiger partial charge in [0.25, 0.3) is 0 Å². The molecule has 2 N–H and O–H groups in total. The van der Waals surface area contributed by atoms with Gasteiger partial charge in [-0.25, -0.2) is 0 Å². The Morgan fingerprint density at radius 3 is 2.65 bits per heavy atom. The molecule has 1 aliphatic heterocycles. The summed E-state index contributed by atoms with van der Waals surface area (Å²) < 4.78 is 5.70. The first-order valence-corrected chi connectivity index (χ1v) is 7.50. The summed E-state index contributed by atoms with van der Waals surface area (Å²) in [5, 5.41) is 13.5. The summed E-state index contributed by atoms with van der Waals surface area (Å²) in [7, 11) is 0. The molecule has 0 spiro atoms. The molecule has 2 aromatic rings. The van der Waals surface area contributed by atoms with E-state index in [-0.39, 0.29) is 11.9 Å². The smallest absolute Gasteiger partial charge is 0.139 e. The van der Waals surface area contributed by atoms with Crippen LogP contribution >= 0.6 is 23.4 Å². The average Bonchev–Trinajstić information content (AvgIpc) is 2.37. The maximum absolute atomic E-state index is 9.57. The summed E-state index contributed by atoms with van der Waals surface area (Å²) in [4.78, 5) is 2.01. The standard InChI is InChI=1S/C15H14ClNO2S/c1-8(2)19-13-7-15-12(6-10(13)16)17-11-4-3-9(18)5-14(11)20-15/h3-8,17-18H,1-2H3. The van der Waals surface area contributed by atoms with E-state index in [4.69, 9.17) is 16.3 Å². The molecule has 104 valence electrons. The zero-order valence-corrected chi connectivity index (χ0v) is 12.7. The molecule has 0 saturated carbocycles. The number of phenols is 1. The third kappa shape index (κ3) is 2.53. The average molecular weight is 308 g/mol.